The van der Waals surface area contributed by atoms with Crippen LogP contribution in [0, 0.1) is 0 Å². The minimum atomic E-state index is -3.78. The Bertz CT molecular complexity index is 836. The van der Waals surface area contributed by atoms with Gasteiger partial charge in [-0.1, -0.05) is 28.1 Å². The molecule has 2 aromatic carbocycles. The highest BCUT2D eigenvalue weighted by Gasteiger charge is 2.24. The molecule has 0 radical (unpaired) electrons. The molecule has 0 N–H and O–H groups in total. The summed E-state index contributed by atoms with van der Waals surface area (Å²) in [7, 11) is -2.46. The molecule has 25 heavy (non-hydrogen) atoms. The summed E-state index contributed by atoms with van der Waals surface area (Å²) in [5.74, 6) is -0.0177. The Morgan fingerprint density at radius 2 is 1.68 bits per heavy atom. The van der Waals surface area contributed by atoms with Gasteiger partial charge in [-0.2, -0.15) is 4.31 Å². The molecule has 0 bridgehead atoms. The average Bonchev–Trinajstić information content (AvgIpc) is 2.57. The Labute approximate surface area is 155 Å². The summed E-state index contributed by atoms with van der Waals surface area (Å²) in [6.45, 7) is 1.82. The van der Waals surface area contributed by atoms with Gasteiger partial charge in [0.05, 0.1) is 11.5 Å². The van der Waals surface area contributed by atoms with Crippen LogP contribution in [0.25, 0.3) is 0 Å². The lowest BCUT2D eigenvalue weighted by Gasteiger charge is -2.17. The standard InChI is InChI=1S/C17H18BrNO5S/c1-3-23-15-6-4-5-7-16(15)24-17(20)12-19(2)25(21,22)14-10-8-13(18)9-11-14/h4-11H,3,12H2,1-2H3. The maximum absolute atomic E-state index is 12.5. The summed E-state index contributed by atoms with van der Waals surface area (Å²) in [5.41, 5.74) is 0. The van der Waals surface area contributed by atoms with E-state index in [2.05, 4.69) is 15.9 Å². The number of likely N-dealkylation sites (N-methyl/N-ethyl adjacent to an activating group) is 1. The van der Waals surface area contributed by atoms with Gasteiger partial charge in [-0.15, -0.1) is 0 Å². The molecule has 2 rings (SSSR count). The second kappa shape index (κ2) is 8.46. The fraction of sp³-hybridized carbons (Fsp3) is 0.235. The van der Waals surface area contributed by atoms with Crippen LogP contribution >= 0.6 is 15.9 Å². The average molecular weight is 428 g/mol. The SMILES string of the molecule is CCOc1ccccc1OC(=O)CN(C)S(=O)(=O)c1ccc(Br)cc1. The first-order chi connectivity index (χ1) is 11.8. The first kappa shape index (κ1) is 19.4. The fourth-order valence-electron chi connectivity index (χ4n) is 2.02. The van der Waals surface area contributed by atoms with Gasteiger partial charge >= 0.3 is 5.97 Å². The number of carbonyl (C=O) groups excluding carboxylic acids is 1. The molecule has 134 valence electrons. The minimum absolute atomic E-state index is 0.0979. The van der Waals surface area contributed by atoms with E-state index in [4.69, 9.17) is 9.47 Å². The molecular weight excluding hydrogens is 410 g/mol. The van der Waals surface area contributed by atoms with Crippen LogP contribution in [0.3, 0.4) is 0 Å². The summed E-state index contributed by atoms with van der Waals surface area (Å²) >= 11 is 3.25. The van der Waals surface area contributed by atoms with Gasteiger partial charge < -0.3 is 9.47 Å². The summed E-state index contributed by atoms with van der Waals surface area (Å²) in [4.78, 5) is 12.2. The predicted octanol–water partition coefficient (Wildman–Crippen LogP) is 3.07. The van der Waals surface area contributed by atoms with E-state index in [1.165, 1.54) is 19.2 Å². The zero-order valence-electron chi connectivity index (χ0n) is 13.8. The molecular formula is C17H18BrNO5S. The van der Waals surface area contributed by atoms with Crippen LogP contribution in [-0.2, 0) is 14.8 Å². The first-order valence-electron chi connectivity index (χ1n) is 7.49. The van der Waals surface area contributed by atoms with Gasteiger partial charge in [0.1, 0.15) is 6.54 Å². The molecule has 0 fully saturated rings. The number of hydrogen-bond donors (Lipinski definition) is 0. The monoisotopic (exact) mass is 427 g/mol. The Balaban J connectivity index is 2.08. The minimum Gasteiger partial charge on any atom is -0.490 e. The van der Waals surface area contributed by atoms with Gasteiger partial charge in [0.15, 0.2) is 11.5 Å². The third-order valence-electron chi connectivity index (χ3n) is 3.25. The highest BCUT2D eigenvalue weighted by Crippen LogP contribution is 2.26. The quantitative estimate of drug-likeness (QED) is 0.501. The van der Waals surface area contributed by atoms with Crippen molar-refractivity contribution in [2.24, 2.45) is 0 Å². The van der Waals surface area contributed by atoms with E-state index in [1.807, 2.05) is 6.92 Å². The molecule has 6 nitrogen and oxygen atoms in total. The number of hydrogen-bond acceptors (Lipinski definition) is 5. The summed E-state index contributed by atoms with van der Waals surface area (Å²) in [6.07, 6.45) is 0. The third-order valence-corrected chi connectivity index (χ3v) is 5.59. The van der Waals surface area contributed by atoms with E-state index < -0.39 is 22.5 Å². The van der Waals surface area contributed by atoms with Crippen molar-refractivity contribution in [3.8, 4) is 11.5 Å². The van der Waals surface area contributed by atoms with Crippen molar-refractivity contribution in [1.82, 2.24) is 4.31 Å². The number of esters is 1. The molecule has 0 spiro atoms. The molecule has 0 saturated carbocycles. The number of halogens is 1. The van der Waals surface area contributed by atoms with Crippen molar-refractivity contribution in [3.05, 3.63) is 53.0 Å². The number of ether oxygens (including phenoxy) is 2. The van der Waals surface area contributed by atoms with Gasteiger partial charge in [0.2, 0.25) is 10.0 Å². The van der Waals surface area contributed by atoms with Gasteiger partial charge in [0, 0.05) is 11.5 Å². The Morgan fingerprint density at radius 3 is 2.28 bits per heavy atom. The lowest BCUT2D eigenvalue weighted by Crippen LogP contribution is -2.34. The highest BCUT2D eigenvalue weighted by molar-refractivity contribution is 9.10. The van der Waals surface area contributed by atoms with Crippen molar-refractivity contribution in [2.75, 3.05) is 20.2 Å². The topological polar surface area (TPSA) is 72.9 Å². The molecule has 8 heteroatoms. The van der Waals surface area contributed by atoms with Crippen LogP contribution < -0.4 is 9.47 Å². The number of rotatable bonds is 7. The molecule has 0 aromatic heterocycles. The largest absolute Gasteiger partial charge is 0.490 e. The van der Waals surface area contributed by atoms with E-state index in [9.17, 15) is 13.2 Å². The Hall–Kier alpha value is -1.90. The highest BCUT2D eigenvalue weighted by atomic mass is 79.9. The zero-order valence-corrected chi connectivity index (χ0v) is 16.2. The number of sulfonamides is 1. The number of para-hydroxylation sites is 2. The molecule has 0 heterocycles. The lowest BCUT2D eigenvalue weighted by atomic mass is 10.3. The molecule has 0 aliphatic carbocycles. The molecule has 0 atom stereocenters. The van der Waals surface area contributed by atoms with E-state index in [0.717, 1.165) is 8.78 Å². The van der Waals surface area contributed by atoms with Gasteiger partial charge in [0.25, 0.3) is 0 Å². The lowest BCUT2D eigenvalue weighted by molar-refractivity contribution is -0.134. The molecule has 2 aromatic rings. The second-order valence-corrected chi connectivity index (χ2v) is 8.03. The molecule has 0 saturated heterocycles. The summed E-state index contributed by atoms with van der Waals surface area (Å²) in [6, 6.07) is 12.9. The number of carbonyl (C=O) groups is 1. The molecule has 0 aliphatic rings. The second-order valence-electron chi connectivity index (χ2n) is 5.07. The van der Waals surface area contributed by atoms with Gasteiger partial charge in [-0.05, 0) is 43.3 Å². The van der Waals surface area contributed by atoms with Crippen molar-refractivity contribution >= 4 is 31.9 Å². The normalized spacial score (nSPS) is 11.4. The maximum Gasteiger partial charge on any atom is 0.326 e. The first-order valence-corrected chi connectivity index (χ1v) is 9.72. The van der Waals surface area contributed by atoms with E-state index in [-0.39, 0.29) is 10.6 Å². The molecule has 0 aliphatic heterocycles. The number of nitrogens with zero attached hydrogens (tertiary/aromatic N) is 1. The van der Waals surface area contributed by atoms with Crippen molar-refractivity contribution in [3.63, 3.8) is 0 Å². The van der Waals surface area contributed by atoms with Crippen molar-refractivity contribution < 1.29 is 22.7 Å². The van der Waals surface area contributed by atoms with Crippen LogP contribution in [0.5, 0.6) is 11.5 Å². The fourth-order valence-corrected chi connectivity index (χ4v) is 3.40. The third kappa shape index (κ3) is 5.04. The van der Waals surface area contributed by atoms with Gasteiger partial charge in [-0.3, -0.25) is 4.79 Å². The summed E-state index contributed by atoms with van der Waals surface area (Å²) in [5, 5.41) is 0. The summed E-state index contributed by atoms with van der Waals surface area (Å²) < 4.78 is 37.3. The van der Waals surface area contributed by atoms with E-state index in [0.29, 0.717) is 12.4 Å². The Morgan fingerprint density at radius 1 is 1.08 bits per heavy atom. The van der Waals surface area contributed by atoms with Crippen LogP contribution in [0.2, 0.25) is 0 Å². The smallest absolute Gasteiger partial charge is 0.326 e. The van der Waals surface area contributed by atoms with E-state index in [1.54, 1.807) is 36.4 Å². The van der Waals surface area contributed by atoms with Crippen LogP contribution in [-0.4, -0.2) is 38.9 Å². The molecule has 0 unspecified atom stereocenters. The van der Waals surface area contributed by atoms with Crippen molar-refractivity contribution in [2.45, 2.75) is 11.8 Å². The molecule has 0 amide bonds. The van der Waals surface area contributed by atoms with Crippen LogP contribution in [0.4, 0.5) is 0 Å². The predicted molar refractivity (Wildman–Crippen MR) is 97.2 cm³/mol. The van der Waals surface area contributed by atoms with Gasteiger partial charge in [-0.25, -0.2) is 8.42 Å². The number of benzene rings is 2. The van der Waals surface area contributed by atoms with Crippen LogP contribution in [0.1, 0.15) is 6.92 Å². The van der Waals surface area contributed by atoms with E-state index >= 15 is 0 Å². The Kier molecular flexibility index (Phi) is 6.57. The zero-order chi connectivity index (χ0) is 18.4. The van der Waals surface area contributed by atoms with Crippen LogP contribution in [0.15, 0.2) is 57.9 Å². The van der Waals surface area contributed by atoms with Crippen molar-refractivity contribution in [1.29, 1.82) is 0 Å². The maximum atomic E-state index is 12.5.